The van der Waals surface area contributed by atoms with E-state index in [1.165, 1.54) is 6.07 Å². The Kier molecular flexibility index (Phi) is 13.7. The number of methoxy groups -OCH3 is 1. The third-order valence-electron chi connectivity index (χ3n) is 12.1. The number of cyclic esters (lactones) is 1. The number of nitrogens with zero attached hydrogens (tertiary/aromatic N) is 2. The Hall–Kier alpha value is -6.73. The van der Waals surface area contributed by atoms with Crippen LogP contribution in [0.5, 0.6) is 0 Å². The number of amides is 5. The molecule has 7 rings (SSSR count). The van der Waals surface area contributed by atoms with Crippen molar-refractivity contribution in [2.24, 2.45) is 0 Å². The Morgan fingerprint density at radius 1 is 0.984 bits per heavy atom. The van der Waals surface area contributed by atoms with Crippen molar-refractivity contribution in [1.82, 2.24) is 36.1 Å². The molecule has 2 aliphatic heterocycles. The second-order valence-corrected chi connectivity index (χ2v) is 16.0. The molecule has 4 heterocycles. The van der Waals surface area contributed by atoms with Gasteiger partial charge in [-0.25, -0.2) is 19.0 Å². The van der Waals surface area contributed by atoms with E-state index in [1.54, 1.807) is 54.8 Å². The van der Waals surface area contributed by atoms with Crippen molar-refractivity contribution in [1.29, 1.82) is 0 Å². The van der Waals surface area contributed by atoms with Crippen LogP contribution in [-0.2, 0) is 69.8 Å². The van der Waals surface area contributed by atoms with Crippen molar-refractivity contribution in [3.63, 3.8) is 0 Å². The van der Waals surface area contributed by atoms with Crippen LogP contribution in [0, 0.1) is 12.7 Å². The molecule has 0 radical (unpaired) electrons. The average Bonchev–Trinajstić information content (AvgIpc) is 3.67. The van der Waals surface area contributed by atoms with E-state index in [4.69, 9.17) is 14.5 Å². The number of carbonyl (C=O) groups is 6. The summed E-state index contributed by atoms with van der Waals surface area (Å²) in [5.74, 6) is -3.66. The topological polar surface area (TPSA) is 245 Å². The maximum Gasteiger partial charge on any atom is 0.407 e. The minimum Gasteiger partial charge on any atom is -0.458 e. The number of aliphatic hydroxyl groups is 1. The third kappa shape index (κ3) is 9.30. The molecule has 0 saturated carbocycles. The summed E-state index contributed by atoms with van der Waals surface area (Å²) in [6.07, 6.45) is 1.91. The predicted molar refractivity (Wildman–Crippen MR) is 227 cm³/mol. The lowest BCUT2D eigenvalue weighted by Gasteiger charge is -2.31. The Morgan fingerprint density at radius 2 is 1.72 bits per heavy atom. The summed E-state index contributed by atoms with van der Waals surface area (Å²) in [6, 6.07) is 10.9. The first-order chi connectivity index (χ1) is 30.7. The number of aromatic nitrogens is 2. The van der Waals surface area contributed by atoms with Gasteiger partial charge in [0.05, 0.1) is 49.2 Å². The zero-order valence-corrected chi connectivity index (χ0v) is 35.7. The zero-order chi connectivity index (χ0) is 45.7. The fraction of sp³-hybridized carbons (Fsp3) is 0.422. The van der Waals surface area contributed by atoms with Crippen molar-refractivity contribution < 1.29 is 52.5 Å². The Bertz CT molecular complexity index is 2580. The van der Waals surface area contributed by atoms with E-state index in [-0.39, 0.29) is 67.8 Å². The zero-order valence-electron chi connectivity index (χ0n) is 35.7. The Balaban J connectivity index is 0.948. The number of fused-ring (bicyclic) bond motifs is 5. The highest BCUT2D eigenvalue weighted by Crippen LogP contribution is 2.47. The number of aryl methyl sites for hydroxylation is 1. The molecule has 1 unspecified atom stereocenters. The van der Waals surface area contributed by atoms with E-state index in [0.717, 1.165) is 34.7 Å². The standard InChI is InChI=1S/C45H50FN7O11/c1-4-45(61)30-16-34-40-28(21-53(34)42(58)29(30)22-64-43(45)59)38-26(12-13-27-24(2)31(46)17-32(52-40)39(27)38)11-8-14-63-23-50-36(55)18-48-41(57)33(15-25-9-6-5-7-10-25)51-37(56)20-47-35(54)19-49-44(60)62-3/h5-7,9-10,16-17,26,33,61H,4,8,11-15,18-23H2,1-3H3,(H,47,54)(H,48,57)(H,49,60)(H,50,55)(H,51,56)/t26?,33-,45-/m0/s1. The molecule has 0 spiro atoms. The summed E-state index contributed by atoms with van der Waals surface area (Å²) < 4.78 is 32.3. The van der Waals surface area contributed by atoms with Crippen LogP contribution in [0.25, 0.3) is 22.3 Å². The molecule has 4 aromatic rings. The molecule has 2 aromatic carbocycles. The normalized spacial score (nSPS) is 17.3. The van der Waals surface area contributed by atoms with Crippen LogP contribution in [0.4, 0.5) is 9.18 Å². The smallest absolute Gasteiger partial charge is 0.407 e. The lowest BCUT2D eigenvalue weighted by atomic mass is 9.76. The first kappa shape index (κ1) is 45.3. The molecule has 0 fully saturated rings. The largest absolute Gasteiger partial charge is 0.458 e. The van der Waals surface area contributed by atoms with Gasteiger partial charge in [0, 0.05) is 35.6 Å². The maximum atomic E-state index is 15.3. The lowest BCUT2D eigenvalue weighted by Crippen LogP contribution is -2.52. The van der Waals surface area contributed by atoms with E-state index < -0.39 is 67.0 Å². The van der Waals surface area contributed by atoms with Crippen molar-refractivity contribution in [2.45, 2.75) is 83.1 Å². The summed E-state index contributed by atoms with van der Waals surface area (Å²) in [5.41, 5.74) is 3.50. The Morgan fingerprint density at radius 3 is 2.47 bits per heavy atom. The van der Waals surface area contributed by atoms with Gasteiger partial charge in [-0.1, -0.05) is 37.3 Å². The molecule has 1 aliphatic carbocycles. The molecule has 0 bridgehead atoms. The molecule has 5 amide bonds. The summed E-state index contributed by atoms with van der Waals surface area (Å²) in [6.45, 7) is 2.22. The first-order valence-electron chi connectivity index (χ1n) is 21.1. The van der Waals surface area contributed by atoms with Crippen LogP contribution < -0.4 is 32.1 Å². The maximum absolute atomic E-state index is 15.3. The van der Waals surface area contributed by atoms with E-state index in [0.29, 0.717) is 48.2 Å². The van der Waals surface area contributed by atoms with Gasteiger partial charge in [-0.3, -0.25) is 24.0 Å². The van der Waals surface area contributed by atoms with Gasteiger partial charge in [0.15, 0.2) is 5.60 Å². The van der Waals surface area contributed by atoms with Crippen molar-refractivity contribution in [2.75, 3.05) is 40.1 Å². The number of hydrogen-bond donors (Lipinski definition) is 6. The fourth-order valence-corrected chi connectivity index (χ4v) is 8.70. The van der Waals surface area contributed by atoms with Gasteiger partial charge in [0.1, 0.15) is 31.7 Å². The van der Waals surface area contributed by atoms with E-state index >= 15 is 4.39 Å². The summed E-state index contributed by atoms with van der Waals surface area (Å²) in [7, 11) is 1.14. The molecule has 18 nitrogen and oxygen atoms in total. The summed E-state index contributed by atoms with van der Waals surface area (Å²) in [5, 5.41) is 24.5. The quantitative estimate of drug-likeness (QED) is 0.0445. The van der Waals surface area contributed by atoms with Gasteiger partial charge < -0.3 is 50.5 Å². The lowest BCUT2D eigenvalue weighted by molar-refractivity contribution is -0.172. The highest BCUT2D eigenvalue weighted by Gasteiger charge is 2.46. The van der Waals surface area contributed by atoms with Crippen molar-refractivity contribution in [3.8, 4) is 11.4 Å². The molecule has 19 heteroatoms. The average molecular weight is 884 g/mol. The molecule has 338 valence electrons. The molecule has 0 saturated heterocycles. The number of benzene rings is 2. The van der Waals surface area contributed by atoms with Gasteiger partial charge in [0.2, 0.25) is 23.6 Å². The number of esters is 1. The van der Waals surface area contributed by atoms with E-state index in [2.05, 4.69) is 31.3 Å². The van der Waals surface area contributed by atoms with E-state index in [9.17, 15) is 38.7 Å². The molecular weight excluding hydrogens is 834 g/mol. The highest BCUT2D eigenvalue weighted by molar-refractivity contribution is 5.94. The van der Waals surface area contributed by atoms with Crippen molar-refractivity contribution >= 4 is 46.6 Å². The van der Waals surface area contributed by atoms with Crippen LogP contribution >= 0.6 is 0 Å². The molecule has 3 atom stereocenters. The third-order valence-corrected chi connectivity index (χ3v) is 12.1. The number of carbonyl (C=O) groups excluding carboxylic acids is 6. The fourth-order valence-electron chi connectivity index (χ4n) is 8.70. The molecule has 6 N–H and O–H groups in total. The number of halogens is 1. The number of ether oxygens (including phenoxy) is 3. The molecule has 64 heavy (non-hydrogen) atoms. The van der Waals surface area contributed by atoms with Crippen LogP contribution in [0.1, 0.15) is 77.5 Å². The van der Waals surface area contributed by atoms with E-state index in [1.807, 2.05) is 0 Å². The van der Waals surface area contributed by atoms with Gasteiger partial charge in [-0.2, -0.15) is 0 Å². The van der Waals surface area contributed by atoms with Crippen LogP contribution in [0.15, 0.2) is 47.3 Å². The summed E-state index contributed by atoms with van der Waals surface area (Å²) >= 11 is 0. The van der Waals surface area contributed by atoms with Gasteiger partial charge in [-0.15, -0.1) is 0 Å². The minimum atomic E-state index is -1.98. The number of hydrogen-bond acceptors (Lipinski definition) is 12. The number of alkyl carbamates (subject to hydrolysis) is 1. The predicted octanol–water partition coefficient (Wildman–Crippen LogP) is 1.74. The SMILES string of the molecule is CC[C@@]1(O)C(=O)OCc2c1cc1n(c2=O)Cc2c-1nc1cc(F)c(C)c3c1c2C(CCCOCNC(=O)CNC(=O)[C@H](Cc1ccccc1)NC(=O)CNC(=O)CNC(=O)OC)CC3. The van der Waals surface area contributed by atoms with Crippen LogP contribution in [0.3, 0.4) is 0 Å². The minimum absolute atomic E-state index is 0.00584. The van der Waals surface area contributed by atoms with Gasteiger partial charge >= 0.3 is 12.1 Å². The number of nitrogens with one attached hydrogen (secondary N) is 5. The van der Waals surface area contributed by atoms with Crippen molar-refractivity contribution in [3.05, 3.63) is 97.6 Å². The van der Waals surface area contributed by atoms with Gasteiger partial charge in [0.25, 0.3) is 5.56 Å². The number of pyridine rings is 2. The van der Waals surface area contributed by atoms with Crippen LogP contribution in [-0.4, -0.2) is 96.5 Å². The molecule has 3 aliphatic rings. The second-order valence-electron chi connectivity index (χ2n) is 16.0. The second kappa shape index (κ2) is 19.3. The summed E-state index contributed by atoms with van der Waals surface area (Å²) in [4.78, 5) is 93.3. The number of rotatable bonds is 17. The highest BCUT2D eigenvalue weighted by atomic mass is 19.1. The first-order valence-corrected chi connectivity index (χ1v) is 21.1. The monoisotopic (exact) mass is 883 g/mol. The van der Waals surface area contributed by atoms with Gasteiger partial charge in [-0.05, 0) is 73.3 Å². The molecular formula is C45H50FN7O11. The van der Waals surface area contributed by atoms with Crippen LogP contribution in [0.2, 0.25) is 0 Å². The Labute approximate surface area is 366 Å². The molecule has 2 aromatic heterocycles.